The van der Waals surface area contributed by atoms with Crippen molar-refractivity contribution < 1.29 is 14.3 Å². The van der Waals surface area contributed by atoms with Crippen LogP contribution in [-0.4, -0.2) is 63.9 Å². The second-order valence-corrected chi connectivity index (χ2v) is 8.44. The topological polar surface area (TPSA) is 54.0 Å². The van der Waals surface area contributed by atoms with E-state index in [-0.39, 0.29) is 18.6 Å². The molecular weight excluding hydrogens is 390 g/mol. The fraction of sp³-hybridized carbons (Fsp3) is 0.480. The van der Waals surface area contributed by atoms with Crippen LogP contribution >= 0.6 is 0 Å². The minimum atomic E-state index is -0.0980. The molecule has 2 aromatic carbocycles. The van der Waals surface area contributed by atoms with Crippen molar-refractivity contribution in [2.75, 3.05) is 57.9 Å². The first-order valence-electron chi connectivity index (χ1n) is 11.2. The standard InChI is InChI=1S/C25H33N3O3/c1-19-6-3-4-8-24(19)31-18-25(29)26-17-23(28-12-14-30-15-13-28)21-9-10-22-20(16-21)7-5-11-27(22)2/h3-4,6,8-10,16,23H,5,7,11-15,17-18H2,1-2H3,(H,26,29)/t23-/m1/s1. The van der Waals surface area contributed by atoms with E-state index in [1.807, 2.05) is 31.2 Å². The summed E-state index contributed by atoms with van der Waals surface area (Å²) in [5.41, 5.74) is 5.02. The van der Waals surface area contributed by atoms with Gasteiger partial charge in [0.15, 0.2) is 6.61 Å². The molecule has 2 aromatic rings. The van der Waals surface area contributed by atoms with Gasteiger partial charge >= 0.3 is 0 Å². The number of benzene rings is 2. The fourth-order valence-electron chi connectivity index (χ4n) is 4.48. The van der Waals surface area contributed by atoms with Gasteiger partial charge in [-0.25, -0.2) is 0 Å². The monoisotopic (exact) mass is 423 g/mol. The van der Waals surface area contributed by atoms with Gasteiger partial charge in [-0.05, 0) is 48.6 Å². The van der Waals surface area contributed by atoms with Crippen LogP contribution in [-0.2, 0) is 16.0 Å². The number of nitrogens with one attached hydrogen (secondary N) is 1. The zero-order chi connectivity index (χ0) is 21.6. The number of amides is 1. The molecule has 0 aliphatic carbocycles. The number of carbonyl (C=O) groups excluding carboxylic acids is 1. The first-order chi connectivity index (χ1) is 15.1. The number of nitrogens with zero attached hydrogens (tertiary/aromatic N) is 2. The van der Waals surface area contributed by atoms with Crippen LogP contribution in [0.25, 0.3) is 0 Å². The minimum Gasteiger partial charge on any atom is -0.484 e. The predicted octanol–water partition coefficient (Wildman–Crippen LogP) is 2.95. The molecule has 1 N–H and O–H groups in total. The SMILES string of the molecule is Cc1ccccc1OCC(=O)NC[C@H](c1ccc2c(c1)CCCN2C)N1CCOCC1. The second kappa shape index (κ2) is 10.2. The molecule has 0 unspecified atom stereocenters. The van der Waals surface area contributed by atoms with Gasteiger partial charge in [-0.15, -0.1) is 0 Å². The quantitative estimate of drug-likeness (QED) is 0.742. The Labute approximate surface area is 185 Å². The zero-order valence-electron chi connectivity index (χ0n) is 18.6. The molecule has 31 heavy (non-hydrogen) atoms. The molecule has 166 valence electrons. The molecule has 2 aliphatic rings. The van der Waals surface area contributed by atoms with Gasteiger partial charge in [0.05, 0.1) is 19.3 Å². The van der Waals surface area contributed by atoms with Crippen LogP contribution in [0.15, 0.2) is 42.5 Å². The first-order valence-corrected chi connectivity index (χ1v) is 11.2. The van der Waals surface area contributed by atoms with Gasteiger partial charge in [-0.2, -0.15) is 0 Å². The van der Waals surface area contributed by atoms with E-state index in [9.17, 15) is 4.79 Å². The maximum atomic E-state index is 12.5. The van der Waals surface area contributed by atoms with E-state index >= 15 is 0 Å². The Morgan fingerprint density at radius 3 is 2.77 bits per heavy atom. The van der Waals surface area contributed by atoms with Gasteiger partial charge in [0, 0.05) is 38.9 Å². The van der Waals surface area contributed by atoms with E-state index < -0.39 is 0 Å². The largest absolute Gasteiger partial charge is 0.484 e. The maximum Gasteiger partial charge on any atom is 0.258 e. The average Bonchev–Trinajstić information content (AvgIpc) is 2.79. The van der Waals surface area contributed by atoms with Crippen LogP contribution in [0.5, 0.6) is 5.75 Å². The third-order valence-corrected chi connectivity index (χ3v) is 6.27. The molecule has 0 bridgehead atoms. The van der Waals surface area contributed by atoms with Gasteiger partial charge < -0.3 is 19.7 Å². The molecular formula is C25H33N3O3. The second-order valence-electron chi connectivity index (χ2n) is 8.44. The number of rotatable bonds is 7. The van der Waals surface area contributed by atoms with Crippen LogP contribution in [0.2, 0.25) is 0 Å². The number of anilines is 1. The Balaban J connectivity index is 1.43. The van der Waals surface area contributed by atoms with Gasteiger partial charge in [0.1, 0.15) is 5.75 Å². The average molecular weight is 424 g/mol. The van der Waals surface area contributed by atoms with Gasteiger partial charge in [-0.3, -0.25) is 9.69 Å². The number of carbonyl (C=O) groups is 1. The summed E-state index contributed by atoms with van der Waals surface area (Å²) in [7, 11) is 2.16. The molecule has 6 heteroatoms. The Bertz CT molecular complexity index is 895. The third-order valence-electron chi connectivity index (χ3n) is 6.27. The molecule has 2 aliphatic heterocycles. The molecule has 0 spiro atoms. The lowest BCUT2D eigenvalue weighted by Gasteiger charge is -2.36. The summed E-state index contributed by atoms with van der Waals surface area (Å²) in [5.74, 6) is 0.653. The summed E-state index contributed by atoms with van der Waals surface area (Å²) in [6, 6.07) is 14.7. The normalized spacial score (nSPS) is 17.7. The Morgan fingerprint density at radius 2 is 1.97 bits per heavy atom. The lowest BCUT2D eigenvalue weighted by molar-refractivity contribution is -0.123. The molecule has 2 heterocycles. The molecule has 0 radical (unpaired) electrons. The molecule has 0 saturated carbocycles. The zero-order valence-corrected chi connectivity index (χ0v) is 18.6. The van der Waals surface area contributed by atoms with Crippen molar-refractivity contribution in [1.29, 1.82) is 0 Å². The van der Waals surface area contributed by atoms with Crippen LogP contribution < -0.4 is 15.0 Å². The van der Waals surface area contributed by atoms with Crippen LogP contribution in [0.3, 0.4) is 0 Å². The lowest BCUT2D eigenvalue weighted by atomic mass is 9.95. The van der Waals surface area contributed by atoms with E-state index in [1.54, 1.807) is 0 Å². The van der Waals surface area contributed by atoms with Gasteiger partial charge in [0.2, 0.25) is 0 Å². The maximum absolute atomic E-state index is 12.5. The molecule has 6 nitrogen and oxygen atoms in total. The molecule has 4 rings (SSSR count). The number of para-hydroxylation sites is 1. The summed E-state index contributed by atoms with van der Waals surface area (Å²) in [4.78, 5) is 17.3. The summed E-state index contributed by atoms with van der Waals surface area (Å²) in [5, 5.41) is 3.10. The van der Waals surface area contributed by atoms with Gasteiger partial charge in [-0.1, -0.05) is 30.3 Å². The van der Waals surface area contributed by atoms with Crippen molar-refractivity contribution in [1.82, 2.24) is 10.2 Å². The Kier molecular flexibility index (Phi) is 7.10. The number of hydrogen-bond donors (Lipinski definition) is 1. The fourth-order valence-corrected chi connectivity index (χ4v) is 4.48. The van der Waals surface area contributed by atoms with Gasteiger partial charge in [0.25, 0.3) is 5.91 Å². The highest BCUT2D eigenvalue weighted by molar-refractivity contribution is 5.77. The molecule has 1 atom stereocenters. The highest BCUT2D eigenvalue weighted by atomic mass is 16.5. The third kappa shape index (κ3) is 5.38. The number of fused-ring (bicyclic) bond motifs is 1. The summed E-state index contributed by atoms with van der Waals surface area (Å²) >= 11 is 0. The molecule has 0 aromatic heterocycles. The molecule has 1 saturated heterocycles. The molecule has 1 fully saturated rings. The van der Waals surface area contributed by atoms with E-state index in [2.05, 4.69) is 40.4 Å². The molecule has 1 amide bonds. The number of morpholine rings is 1. The first kappa shape index (κ1) is 21.7. The highest BCUT2D eigenvalue weighted by Gasteiger charge is 2.25. The predicted molar refractivity (Wildman–Crippen MR) is 123 cm³/mol. The van der Waals surface area contributed by atoms with E-state index in [4.69, 9.17) is 9.47 Å². The van der Waals surface area contributed by atoms with Crippen LogP contribution in [0.1, 0.15) is 29.2 Å². The summed E-state index contributed by atoms with van der Waals surface area (Å²) < 4.78 is 11.3. The van der Waals surface area contributed by atoms with Crippen molar-refractivity contribution >= 4 is 11.6 Å². The number of hydrogen-bond acceptors (Lipinski definition) is 5. The minimum absolute atomic E-state index is 0.0235. The van der Waals surface area contributed by atoms with Crippen molar-refractivity contribution in [2.24, 2.45) is 0 Å². The smallest absolute Gasteiger partial charge is 0.258 e. The van der Waals surface area contributed by atoms with E-state index in [1.165, 1.54) is 23.2 Å². The van der Waals surface area contributed by atoms with Crippen molar-refractivity contribution in [3.8, 4) is 5.75 Å². The lowest BCUT2D eigenvalue weighted by Crippen LogP contribution is -2.44. The number of aryl methyl sites for hydroxylation is 2. The highest BCUT2D eigenvalue weighted by Crippen LogP contribution is 2.31. The van der Waals surface area contributed by atoms with E-state index in [0.717, 1.165) is 50.6 Å². The van der Waals surface area contributed by atoms with Crippen molar-refractivity contribution in [3.05, 3.63) is 59.2 Å². The number of ether oxygens (including phenoxy) is 2. The Hall–Kier alpha value is -2.57. The summed E-state index contributed by atoms with van der Waals surface area (Å²) in [6.45, 7) is 6.88. The Morgan fingerprint density at radius 1 is 1.16 bits per heavy atom. The van der Waals surface area contributed by atoms with E-state index in [0.29, 0.717) is 6.54 Å². The van der Waals surface area contributed by atoms with Crippen molar-refractivity contribution in [2.45, 2.75) is 25.8 Å². The summed E-state index contributed by atoms with van der Waals surface area (Å²) in [6.07, 6.45) is 2.29. The van der Waals surface area contributed by atoms with Crippen LogP contribution in [0, 0.1) is 6.92 Å². The van der Waals surface area contributed by atoms with Crippen LogP contribution in [0.4, 0.5) is 5.69 Å². The van der Waals surface area contributed by atoms with Crippen molar-refractivity contribution in [3.63, 3.8) is 0 Å².